The third-order valence-electron chi connectivity index (χ3n) is 3.92. The Morgan fingerprint density at radius 1 is 0.800 bits per heavy atom. The van der Waals surface area contributed by atoms with Gasteiger partial charge in [0.05, 0.1) is 0 Å². The normalized spacial score (nSPS) is 12.6. The summed E-state index contributed by atoms with van der Waals surface area (Å²) >= 11 is 6.32. The standard InChI is InChI=1S/C18H21ClO/c1-10-6-13(4)17(14(5)7-10)18(20)15-8-11(2)12(3)9-16(15)19/h6-9,18,20H,1-5H3. The molecule has 0 aromatic heterocycles. The zero-order valence-corrected chi connectivity index (χ0v) is 13.5. The summed E-state index contributed by atoms with van der Waals surface area (Å²) in [4.78, 5) is 0. The average Bonchev–Trinajstić information content (AvgIpc) is 2.32. The van der Waals surface area contributed by atoms with Crippen molar-refractivity contribution in [3.05, 3.63) is 68.2 Å². The van der Waals surface area contributed by atoms with Crippen LogP contribution < -0.4 is 0 Å². The van der Waals surface area contributed by atoms with Crippen molar-refractivity contribution in [2.75, 3.05) is 0 Å². The molecule has 0 spiro atoms. The molecule has 0 aliphatic carbocycles. The Bertz CT molecular complexity index is 636. The summed E-state index contributed by atoms with van der Waals surface area (Å²) in [7, 11) is 0. The fourth-order valence-electron chi connectivity index (χ4n) is 2.79. The topological polar surface area (TPSA) is 20.2 Å². The molecule has 1 N–H and O–H groups in total. The van der Waals surface area contributed by atoms with E-state index in [4.69, 9.17) is 11.6 Å². The van der Waals surface area contributed by atoms with Gasteiger partial charge in [-0.1, -0.05) is 35.4 Å². The summed E-state index contributed by atoms with van der Waals surface area (Å²) in [6, 6.07) is 8.11. The van der Waals surface area contributed by atoms with Crippen molar-refractivity contribution in [3.63, 3.8) is 0 Å². The molecule has 2 aromatic rings. The van der Waals surface area contributed by atoms with E-state index in [2.05, 4.69) is 19.1 Å². The van der Waals surface area contributed by atoms with Gasteiger partial charge in [0.25, 0.3) is 0 Å². The molecule has 0 saturated carbocycles. The Morgan fingerprint density at radius 3 is 1.85 bits per heavy atom. The summed E-state index contributed by atoms with van der Waals surface area (Å²) in [5.74, 6) is 0. The number of benzene rings is 2. The second-order valence-electron chi connectivity index (χ2n) is 5.67. The van der Waals surface area contributed by atoms with Crippen molar-refractivity contribution in [1.82, 2.24) is 0 Å². The highest BCUT2D eigenvalue weighted by atomic mass is 35.5. The molecule has 2 rings (SSSR count). The Kier molecular flexibility index (Phi) is 4.22. The van der Waals surface area contributed by atoms with Gasteiger partial charge in [-0.05, 0) is 68.5 Å². The Hall–Kier alpha value is -1.31. The minimum absolute atomic E-state index is 0.625. The van der Waals surface area contributed by atoms with E-state index in [1.165, 1.54) is 5.56 Å². The fourth-order valence-corrected chi connectivity index (χ4v) is 3.11. The Morgan fingerprint density at radius 2 is 1.30 bits per heavy atom. The third kappa shape index (κ3) is 2.74. The predicted molar refractivity (Wildman–Crippen MR) is 85.6 cm³/mol. The van der Waals surface area contributed by atoms with Gasteiger partial charge in [0.1, 0.15) is 6.10 Å². The molecule has 106 valence electrons. The summed E-state index contributed by atoms with van der Waals surface area (Å²) < 4.78 is 0. The number of hydrogen-bond acceptors (Lipinski definition) is 1. The maximum absolute atomic E-state index is 10.8. The van der Waals surface area contributed by atoms with Gasteiger partial charge >= 0.3 is 0 Å². The maximum Gasteiger partial charge on any atom is 0.106 e. The lowest BCUT2D eigenvalue weighted by atomic mass is 9.90. The fraction of sp³-hybridized carbons (Fsp3) is 0.333. The van der Waals surface area contributed by atoms with Crippen molar-refractivity contribution < 1.29 is 5.11 Å². The van der Waals surface area contributed by atoms with Crippen molar-refractivity contribution in [3.8, 4) is 0 Å². The molecule has 0 saturated heterocycles. The molecular formula is C18H21ClO. The van der Waals surface area contributed by atoms with E-state index in [-0.39, 0.29) is 0 Å². The van der Waals surface area contributed by atoms with Gasteiger partial charge in [-0.15, -0.1) is 0 Å². The zero-order valence-electron chi connectivity index (χ0n) is 12.7. The first-order valence-corrected chi connectivity index (χ1v) is 7.21. The van der Waals surface area contributed by atoms with Crippen LogP contribution in [-0.4, -0.2) is 5.11 Å². The number of rotatable bonds is 2. The van der Waals surface area contributed by atoms with Crippen LogP contribution in [0, 0.1) is 34.6 Å². The van der Waals surface area contributed by atoms with Crippen molar-refractivity contribution in [2.24, 2.45) is 0 Å². The van der Waals surface area contributed by atoms with Crippen LogP contribution in [0.4, 0.5) is 0 Å². The highest BCUT2D eigenvalue weighted by molar-refractivity contribution is 6.31. The van der Waals surface area contributed by atoms with Gasteiger partial charge in [0.15, 0.2) is 0 Å². The highest BCUT2D eigenvalue weighted by Crippen LogP contribution is 2.34. The van der Waals surface area contributed by atoms with Crippen LogP contribution in [0.15, 0.2) is 24.3 Å². The van der Waals surface area contributed by atoms with Crippen molar-refractivity contribution >= 4 is 11.6 Å². The summed E-state index contributed by atoms with van der Waals surface area (Å²) in [6.45, 7) is 10.2. The van der Waals surface area contributed by atoms with E-state index in [0.717, 1.165) is 33.4 Å². The number of aliphatic hydroxyl groups is 1. The van der Waals surface area contributed by atoms with Gasteiger partial charge in [0.2, 0.25) is 0 Å². The van der Waals surface area contributed by atoms with Crippen LogP contribution >= 0.6 is 11.6 Å². The average molecular weight is 289 g/mol. The Balaban J connectivity index is 2.57. The zero-order chi connectivity index (χ0) is 15.0. The molecule has 0 fully saturated rings. The molecule has 1 atom stereocenters. The number of aryl methyl sites for hydroxylation is 5. The van der Waals surface area contributed by atoms with Crippen LogP contribution in [0.2, 0.25) is 5.02 Å². The summed E-state index contributed by atoms with van der Waals surface area (Å²) in [5.41, 5.74) is 7.44. The second-order valence-corrected chi connectivity index (χ2v) is 6.08. The van der Waals surface area contributed by atoms with Crippen LogP contribution in [-0.2, 0) is 0 Å². The monoisotopic (exact) mass is 288 g/mol. The van der Waals surface area contributed by atoms with Crippen LogP contribution in [0.1, 0.15) is 45.0 Å². The number of hydrogen-bond donors (Lipinski definition) is 1. The van der Waals surface area contributed by atoms with Crippen molar-refractivity contribution in [2.45, 2.75) is 40.7 Å². The van der Waals surface area contributed by atoms with E-state index in [0.29, 0.717) is 5.02 Å². The van der Waals surface area contributed by atoms with Gasteiger partial charge < -0.3 is 5.11 Å². The number of halogens is 1. The molecule has 20 heavy (non-hydrogen) atoms. The smallest absolute Gasteiger partial charge is 0.106 e. The molecule has 0 amide bonds. The third-order valence-corrected chi connectivity index (χ3v) is 4.25. The van der Waals surface area contributed by atoms with Crippen LogP contribution in [0.25, 0.3) is 0 Å². The molecule has 0 radical (unpaired) electrons. The minimum Gasteiger partial charge on any atom is -0.384 e. The van der Waals surface area contributed by atoms with E-state index >= 15 is 0 Å². The first-order valence-electron chi connectivity index (χ1n) is 6.83. The maximum atomic E-state index is 10.8. The molecule has 2 heteroatoms. The van der Waals surface area contributed by atoms with E-state index in [9.17, 15) is 5.11 Å². The molecule has 2 aromatic carbocycles. The first-order chi connectivity index (χ1) is 9.31. The molecule has 0 aliphatic heterocycles. The predicted octanol–water partition coefficient (Wildman–Crippen LogP) is 4.96. The van der Waals surface area contributed by atoms with Gasteiger partial charge in [0, 0.05) is 10.6 Å². The van der Waals surface area contributed by atoms with Crippen LogP contribution in [0.3, 0.4) is 0 Å². The quantitative estimate of drug-likeness (QED) is 0.828. The van der Waals surface area contributed by atoms with E-state index in [1.807, 2.05) is 39.8 Å². The lowest BCUT2D eigenvalue weighted by Gasteiger charge is -2.20. The summed E-state index contributed by atoms with van der Waals surface area (Å²) in [5, 5.41) is 11.4. The molecule has 0 aliphatic rings. The van der Waals surface area contributed by atoms with E-state index < -0.39 is 6.10 Å². The van der Waals surface area contributed by atoms with Gasteiger partial charge in [-0.3, -0.25) is 0 Å². The van der Waals surface area contributed by atoms with Gasteiger partial charge in [-0.25, -0.2) is 0 Å². The molecule has 1 unspecified atom stereocenters. The summed E-state index contributed by atoms with van der Waals surface area (Å²) in [6.07, 6.45) is -0.678. The van der Waals surface area contributed by atoms with Crippen molar-refractivity contribution in [1.29, 1.82) is 0 Å². The van der Waals surface area contributed by atoms with Crippen LogP contribution in [0.5, 0.6) is 0 Å². The molecule has 1 nitrogen and oxygen atoms in total. The Labute approximate surface area is 126 Å². The van der Waals surface area contributed by atoms with Gasteiger partial charge in [-0.2, -0.15) is 0 Å². The lowest BCUT2D eigenvalue weighted by molar-refractivity contribution is 0.219. The minimum atomic E-state index is -0.678. The molecular weight excluding hydrogens is 268 g/mol. The first kappa shape index (κ1) is 15.1. The largest absolute Gasteiger partial charge is 0.384 e. The van der Waals surface area contributed by atoms with E-state index in [1.54, 1.807) is 0 Å². The lowest BCUT2D eigenvalue weighted by Crippen LogP contribution is -2.06. The SMILES string of the molecule is Cc1cc(C)c(C(O)c2cc(C)c(C)cc2Cl)c(C)c1. The highest BCUT2D eigenvalue weighted by Gasteiger charge is 2.19. The number of aliphatic hydroxyl groups excluding tert-OH is 1. The molecule has 0 bridgehead atoms. The second kappa shape index (κ2) is 5.59. The molecule has 0 heterocycles.